The largest absolute Gasteiger partial charge is 0.461 e. The van der Waals surface area contributed by atoms with Crippen molar-refractivity contribution in [2.45, 2.75) is 63.4 Å². The lowest BCUT2D eigenvalue weighted by Crippen LogP contribution is -2.36. The maximum Gasteiger partial charge on any atom is 0.356 e. The van der Waals surface area contributed by atoms with Crippen molar-refractivity contribution >= 4 is 11.7 Å². The monoisotopic (exact) mass is 283 g/mol. The van der Waals surface area contributed by atoms with Crippen LogP contribution in [0.3, 0.4) is 0 Å². The molecule has 2 atom stereocenters. The first-order valence-electron chi connectivity index (χ1n) is 7.44. The van der Waals surface area contributed by atoms with Gasteiger partial charge in [0.2, 0.25) is 0 Å². The van der Waals surface area contributed by atoms with E-state index in [1.54, 1.807) is 6.92 Å². The fourth-order valence-electron chi connectivity index (χ4n) is 3.04. The minimum Gasteiger partial charge on any atom is -0.461 e. The molecule has 1 saturated carbocycles. The van der Waals surface area contributed by atoms with E-state index >= 15 is 0 Å². The average Bonchev–Trinajstić information content (AvgIpc) is 3.07. The molecule has 112 valence electrons. The first kappa shape index (κ1) is 13.8. The average molecular weight is 283 g/mol. The van der Waals surface area contributed by atoms with Gasteiger partial charge in [-0.05, 0) is 19.8 Å². The zero-order chi connectivity index (χ0) is 14.0. The summed E-state index contributed by atoms with van der Waals surface area (Å²) in [7, 11) is 0. The third-order valence-electron chi connectivity index (χ3n) is 4.11. The standard InChI is InChI=1S/C14H21NO5/c1-2-17-13(16)10-8-11(20-15-10)12-9-18-14(19-12)6-4-3-5-7-14/h11-12H,2-9H2,1H3/t11-,12-/m1/s1. The second kappa shape index (κ2) is 5.69. The van der Waals surface area contributed by atoms with Crippen LogP contribution in [0.1, 0.15) is 45.4 Å². The second-order valence-corrected chi connectivity index (χ2v) is 5.55. The molecule has 1 saturated heterocycles. The molecule has 0 aromatic carbocycles. The van der Waals surface area contributed by atoms with Gasteiger partial charge in [-0.25, -0.2) is 4.79 Å². The third-order valence-corrected chi connectivity index (χ3v) is 4.11. The van der Waals surface area contributed by atoms with Crippen LogP contribution < -0.4 is 0 Å². The number of nitrogens with zero attached hydrogens (tertiary/aromatic N) is 1. The van der Waals surface area contributed by atoms with E-state index in [4.69, 9.17) is 19.0 Å². The van der Waals surface area contributed by atoms with Gasteiger partial charge < -0.3 is 19.0 Å². The maximum absolute atomic E-state index is 11.6. The van der Waals surface area contributed by atoms with E-state index in [0.29, 0.717) is 25.3 Å². The third kappa shape index (κ3) is 2.67. The highest BCUT2D eigenvalue weighted by Gasteiger charge is 2.47. The number of rotatable bonds is 3. The van der Waals surface area contributed by atoms with Gasteiger partial charge in [-0.15, -0.1) is 0 Å². The smallest absolute Gasteiger partial charge is 0.356 e. The summed E-state index contributed by atoms with van der Waals surface area (Å²) in [5.41, 5.74) is 0.338. The van der Waals surface area contributed by atoms with Crippen LogP contribution in [0.4, 0.5) is 0 Å². The van der Waals surface area contributed by atoms with Gasteiger partial charge in [0.15, 0.2) is 17.6 Å². The molecule has 0 bridgehead atoms. The summed E-state index contributed by atoms with van der Waals surface area (Å²) in [4.78, 5) is 16.9. The van der Waals surface area contributed by atoms with Crippen LogP contribution in [-0.2, 0) is 23.8 Å². The van der Waals surface area contributed by atoms with E-state index in [-0.39, 0.29) is 12.2 Å². The molecule has 3 aliphatic rings. The van der Waals surface area contributed by atoms with E-state index in [0.717, 1.165) is 25.7 Å². The molecule has 0 aromatic rings. The lowest BCUT2D eigenvalue weighted by molar-refractivity contribution is -0.197. The van der Waals surface area contributed by atoms with Crippen LogP contribution in [0.15, 0.2) is 5.16 Å². The highest BCUT2D eigenvalue weighted by Crippen LogP contribution is 2.39. The Kier molecular flexibility index (Phi) is 3.94. The summed E-state index contributed by atoms with van der Waals surface area (Å²) in [5, 5.41) is 3.82. The van der Waals surface area contributed by atoms with Crippen molar-refractivity contribution in [3.05, 3.63) is 0 Å². The van der Waals surface area contributed by atoms with Crippen LogP contribution in [0.25, 0.3) is 0 Å². The van der Waals surface area contributed by atoms with Gasteiger partial charge in [0.1, 0.15) is 6.10 Å². The topological polar surface area (TPSA) is 66.4 Å². The molecule has 6 heteroatoms. The van der Waals surface area contributed by atoms with Crippen molar-refractivity contribution in [3.8, 4) is 0 Å². The number of hydrogen-bond donors (Lipinski definition) is 0. The Bertz CT molecular complexity index is 402. The number of oxime groups is 1. The van der Waals surface area contributed by atoms with E-state index in [1.807, 2.05) is 0 Å². The molecular formula is C14H21NO5. The van der Waals surface area contributed by atoms with Crippen LogP contribution in [0.5, 0.6) is 0 Å². The van der Waals surface area contributed by atoms with Crippen molar-refractivity contribution in [3.63, 3.8) is 0 Å². The normalized spacial score (nSPS) is 31.9. The van der Waals surface area contributed by atoms with Gasteiger partial charge in [-0.3, -0.25) is 0 Å². The number of esters is 1. The lowest BCUT2D eigenvalue weighted by atomic mass is 9.94. The van der Waals surface area contributed by atoms with Gasteiger partial charge in [-0.1, -0.05) is 11.6 Å². The molecule has 20 heavy (non-hydrogen) atoms. The van der Waals surface area contributed by atoms with E-state index in [1.165, 1.54) is 6.42 Å². The first-order valence-corrected chi connectivity index (χ1v) is 7.44. The quantitative estimate of drug-likeness (QED) is 0.738. The molecule has 2 aliphatic heterocycles. The van der Waals surface area contributed by atoms with Crippen LogP contribution >= 0.6 is 0 Å². The van der Waals surface area contributed by atoms with Crippen molar-refractivity contribution in [1.29, 1.82) is 0 Å². The fraction of sp³-hybridized carbons (Fsp3) is 0.857. The predicted molar refractivity (Wildman–Crippen MR) is 70.2 cm³/mol. The van der Waals surface area contributed by atoms with Gasteiger partial charge >= 0.3 is 5.97 Å². The number of ether oxygens (including phenoxy) is 3. The molecule has 3 rings (SSSR count). The molecule has 1 aliphatic carbocycles. The van der Waals surface area contributed by atoms with Crippen molar-refractivity contribution in [2.24, 2.45) is 5.16 Å². The van der Waals surface area contributed by atoms with E-state index in [9.17, 15) is 4.79 Å². The molecule has 6 nitrogen and oxygen atoms in total. The number of carbonyl (C=O) groups is 1. The predicted octanol–water partition coefficient (Wildman–Crippen LogP) is 1.77. The molecule has 1 spiro atoms. The van der Waals surface area contributed by atoms with Crippen molar-refractivity contribution in [2.75, 3.05) is 13.2 Å². The lowest BCUT2D eigenvalue weighted by Gasteiger charge is -2.32. The summed E-state index contributed by atoms with van der Waals surface area (Å²) < 4.78 is 16.9. The van der Waals surface area contributed by atoms with Crippen LogP contribution in [-0.4, -0.2) is 42.9 Å². The van der Waals surface area contributed by atoms with Gasteiger partial charge in [-0.2, -0.15) is 0 Å². The second-order valence-electron chi connectivity index (χ2n) is 5.55. The Morgan fingerprint density at radius 3 is 2.90 bits per heavy atom. The Labute approximate surface area is 118 Å². The number of hydrogen-bond acceptors (Lipinski definition) is 6. The highest BCUT2D eigenvalue weighted by atomic mass is 16.8. The Hall–Kier alpha value is -1.14. The van der Waals surface area contributed by atoms with Gasteiger partial charge in [0.25, 0.3) is 0 Å². The molecule has 0 amide bonds. The Morgan fingerprint density at radius 1 is 1.35 bits per heavy atom. The fourth-order valence-corrected chi connectivity index (χ4v) is 3.04. The maximum atomic E-state index is 11.6. The minimum absolute atomic E-state index is 0.149. The van der Waals surface area contributed by atoms with Gasteiger partial charge in [0.05, 0.1) is 13.2 Å². The summed E-state index contributed by atoms with van der Waals surface area (Å²) in [6, 6.07) is 0. The minimum atomic E-state index is -0.418. The number of carbonyl (C=O) groups excluding carboxylic acids is 1. The molecule has 0 radical (unpaired) electrons. The summed E-state index contributed by atoms with van der Waals surface area (Å²) in [5.74, 6) is -0.819. The van der Waals surface area contributed by atoms with Crippen molar-refractivity contribution < 1.29 is 23.8 Å². The zero-order valence-electron chi connectivity index (χ0n) is 11.8. The molecular weight excluding hydrogens is 262 g/mol. The molecule has 2 fully saturated rings. The molecule has 0 N–H and O–H groups in total. The zero-order valence-corrected chi connectivity index (χ0v) is 11.8. The highest BCUT2D eigenvalue weighted by molar-refractivity contribution is 6.36. The molecule has 0 unspecified atom stereocenters. The summed E-state index contributed by atoms with van der Waals surface area (Å²) in [6.45, 7) is 2.62. The van der Waals surface area contributed by atoms with Gasteiger partial charge in [0, 0.05) is 19.3 Å². The van der Waals surface area contributed by atoms with E-state index in [2.05, 4.69) is 5.16 Å². The Balaban J connectivity index is 1.54. The first-order chi connectivity index (χ1) is 9.72. The summed E-state index contributed by atoms with van der Waals surface area (Å²) >= 11 is 0. The molecule has 2 heterocycles. The summed E-state index contributed by atoms with van der Waals surface area (Å²) in [6.07, 6.45) is 5.47. The Morgan fingerprint density at radius 2 is 2.15 bits per heavy atom. The van der Waals surface area contributed by atoms with Crippen molar-refractivity contribution in [1.82, 2.24) is 0 Å². The van der Waals surface area contributed by atoms with Crippen LogP contribution in [0, 0.1) is 0 Å². The van der Waals surface area contributed by atoms with E-state index < -0.39 is 11.8 Å². The SMILES string of the molecule is CCOC(=O)C1=NO[C@@H]([C@H]2COC3(CCCCC3)O2)C1. The van der Waals surface area contributed by atoms with Crippen LogP contribution in [0.2, 0.25) is 0 Å². The molecule has 0 aromatic heterocycles.